The van der Waals surface area contributed by atoms with Crippen LogP contribution in [0.3, 0.4) is 0 Å². The molecule has 0 bridgehead atoms. The summed E-state index contributed by atoms with van der Waals surface area (Å²) in [6.07, 6.45) is 3.71. The van der Waals surface area contributed by atoms with Crippen LogP contribution in [0.4, 0.5) is 4.79 Å². The molecule has 2 fully saturated rings. The summed E-state index contributed by atoms with van der Waals surface area (Å²) in [4.78, 5) is 11.8. The predicted octanol–water partition coefficient (Wildman–Crippen LogP) is 3.97. The van der Waals surface area contributed by atoms with Crippen molar-refractivity contribution >= 4 is 6.09 Å². The van der Waals surface area contributed by atoms with Gasteiger partial charge in [-0.05, 0) is 57.7 Å². The maximum absolute atomic E-state index is 11.8. The van der Waals surface area contributed by atoms with Crippen molar-refractivity contribution in [3.8, 4) is 5.75 Å². The van der Waals surface area contributed by atoms with Crippen molar-refractivity contribution in [3.63, 3.8) is 0 Å². The summed E-state index contributed by atoms with van der Waals surface area (Å²) in [7, 11) is 0. The molecule has 1 aromatic carbocycles. The van der Waals surface area contributed by atoms with E-state index in [1.54, 1.807) is 0 Å². The number of alkyl carbamates (subject to hydrolysis) is 1. The molecule has 5 nitrogen and oxygen atoms in total. The van der Waals surface area contributed by atoms with Gasteiger partial charge < -0.3 is 19.5 Å². The zero-order valence-electron chi connectivity index (χ0n) is 14.7. The number of ether oxygens (including phenoxy) is 3. The average Bonchev–Trinajstić information content (AvgIpc) is 3.26. The van der Waals surface area contributed by atoms with Crippen LogP contribution in [-0.2, 0) is 9.47 Å². The molecule has 1 saturated carbocycles. The fourth-order valence-corrected chi connectivity index (χ4v) is 2.93. The van der Waals surface area contributed by atoms with Crippen LogP contribution in [0.25, 0.3) is 0 Å². The number of amides is 1. The zero-order chi connectivity index (χ0) is 17.2. The summed E-state index contributed by atoms with van der Waals surface area (Å²) in [5.41, 5.74) is 0.752. The first-order valence-corrected chi connectivity index (χ1v) is 8.78. The van der Waals surface area contributed by atoms with Crippen LogP contribution in [0, 0.1) is 0 Å². The van der Waals surface area contributed by atoms with Gasteiger partial charge in [0.05, 0.1) is 6.61 Å². The van der Waals surface area contributed by atoms with Crippen LogP contribution in [0.2, 0.25) is 0 Å². The number of nitrogens with one attached hydrogen (secondary N) is 1. The van der Waals surface area contributed by atoms with Crippen molar-refractivity contribution in [3.05, 3.63) is 29.8 Å². The summed E-state index contributed by atoms with van der Waals surface area (Å²) >= 11 is 0. The Morgan fingerprint density at radius 1 is 1.21 bits per heavy atom. The van der Waals surface area contributed by atoms with Gasteiger partial charge in [-0.25, -0.2) is 4.79 Å². The standard InChI is InChI=1S/C19H27NO4/c1-19(2,3)24-18(21)20-16-12-15(16)13-7-9-14(10-8-13)23-17-6-4-5-11-22-17/h7-10,15-17H,4-6,11-12H2,1-3H3,(H,20,21)/t15-,16+,17?/m0/s1. The Bertz CT molecular complexity index is 558. The van der Waals surface area contributed by atoms with Crippen molar-refractivity contribution in [2.45, 2.75) is 70.3 Å². The molecule has 1 aliphatic heterocycles. The van der Waals surface area contributed by atoms with Crippen molar-refractivity contribution in [1.29, 1.82) is 0 Å². The van der Waals surface area contributed by atoms with Crippen LogP contribution >= 0.6 is 0 Å². The maximum Gasteiger partial charge on any atom is 0.407 e. The minimum absolute atomic E-state index is 0.118. The van der Waals surface area contributed by atoms with Gasteiger partial charge in [0.15, 0.2) is 6.29 Å². The van der Waals surface area contributed by atoms with Gasteiger partial charge in [0.2, 0.25) is 0 Å². The second-order valence-corrected chi connectivity index (χ2v) is 7.58. The summed E-state index contributed by atoms with van der Waals surface area (Å²) < 4.78 is 16.7. The van der Waals surface area contributed by atoms with E-state index < -0.39 is 5.60 Å². The molecule has 1 saturated heterocycles. The van der Waals surface area contributed by atoms with Gasteiger partial charge >= 0.3 is 6.09 Å². The summed E-state index contributed by atoms with van der Waals surface area (Å²) in [5.74, 6) is 1.19. The number of hydrogen-bond acceptors (Lipinski definition) is 4. The van der Waals surface area contributed by atoms with Crippen molar-refractivity contribution < 1.29 is 19.0 Å². The van der Waals surface area contributed by atoms with E-state index in [0.717, 1.165) is 38.0 Å². The van der Waals surface area contributed by atoms with Crippen LogP contribution in [0.15, 0.2) is 24.3 Å². The lowest BCUT2D eigenvalue weighted by Crippen LogP contribution is -2.34. The van der Waals surface area contributed by atoms with Gasteiger partial charge in [-0.15, -0.1) is 0 Å². The Labute approximate surface area is 143 Å². The summed E-state index contributed by atoms with van der Waals surface area (Å²) in [6.45, 7) is 6.38. The number of rotatable bonds is 4. The lowest BCUT2D eigenvalue weighted by Gasteiger charge is -2.23. The van der Waals surface area contributed by atoms with Crippen molar-refractivity contribution in [1.82, 2.24) is 5.32 Å². The minimum atomic E-state index is -0.464. The second-order valence-electron chi connectivity index (χ2n) is 7.58. The van der Waals surface area contributed by atoms with E-state index in [1.165, 1.54) is 5.56 Å². The van der Waals surface area contributed by atoms with Crippen LogP contribution in [0.1, 0.15) is 57.9 Å². The van der Waals surface area contributed by atoms with Crippen molar-refractivity contribution in [2.75, 3.05) is 6.61 Å². The molecule has 1 aliphatic carbocycles. The second kappa shape index (κ2) is 7.01. The molecule has 3 rings (SSSR count). The fraction of sp³-hybridized carbons (Fsp3) is 0.632. The molecule has 5 heteroatoms. The molecule has 0 spiro atoms. The van der Waals surface area contributed by atoms with E-state index in [4.69, 9.17) is 14.2 Å². The highest BCUT2D eigenvalue weighted by Crippen LogP contribution is 2.41. The molecule has 1 heterocycles. The van der Waals surface area contributed by atoms with Gasteiger partial charge in [0, 0.05) is 18.4 Å². The fourth-order valence-electron chi connectivity index (χ4n) is 2.93. The van der Waals surface area contributed by atoms with E-state index in [1.807, 2.05) is 32.9 Å². The molecule has 1 N–H and O–H groups in total. The van der Waals surface area contributed by atoms with Gasteiger partial charge in [0.1, 0.15) is 11.4 Å². The number of benzene rings is 1. The Hall–Kier alpha value is -1.75. The van der Waals surface area contributed by atoms with Crippen LogP contribution < -0.4 is 10.1 Å². The van der Waals surface area contributed by atoms with E-state index in [0.29, 0.717) is 5.92 Å². The highest BCUT2D eigenvalue weighted by Gasteiger charge is 2.40. The number of hydrogen-bond donors (Lipinski definition) is 1. The van der Waals surface area contributed by atoms with E-state index in [2.05, 4.69) is 17.4 Å². The molecular weight excluding hydrogens is 306 g/mol. The molecule has 3 atom stereocenters. The lowest BCUT2D eigenvalue weighted by atomic mass is 10.1. The molecular formula is C19H27NO4. The normalized spacial score (nSPS) is 26.5. The van der Waals surface area contributed by atoms with Gasteiger partial charge in [-0.2, -0.15) is 0 Å². The van der Waals surface area contributed by atoms with E-state index >= 15 is 0 Å². The minimum Gasteiger partial charge on any atom is -0.465 e. The third kappa shape index (κ3) is 4.87. The third-order valence-corrected chi connectivity index (χ3v) is 4.21. The molecule has 1 unspecified atom stereocenters. The molecule has 0 aromatic heterocycles. The van der Waals surface area contributed by atoms with E-state index in [9.17, 15) is 4.79 Å². The predicted molar refractivity (Wildman–Crippen MR) is 91.2 cm³/mol. The molecule has 24 heavy (non-hydrogen) atoms. The van der Waals surface area contributed by atoms with Crippen LogP contribution in [-0.4, -0.2) is 30.6 Å². The quantitative estimate of drug-likeness (QED) is 0.906. The topological polar surface area (TPSA) is 56.8 Å². The van der Waals surface area contributed by atoms with Gasteiger partial charge in [-0.3, -0.25) is 0 Å². The first-order chi connectivity index (χ1) is 11.4. The first kappa shape index (κ1) is 17.1. The highest BCUT2D eigenvalue weighted by molar-refractivity contribution is 5.69. The Morgan fingerprint density at radius 3 is 2.58 bits per heavy atom. The smallest absolute Gasteiger partial charge is 0.407 e. The monoisotopic (exact) mass is 333 g/mol. The molecule has 2 aliphatic rings. The highest BCUT2D eigenvalue weighted by atomic mass is 16.7. The Kier molecular flexibility index (Phi) is 4.99. The average molecular weight is 333 g/mol. The third-order valence-electron chi connectivity index (χ3n) is 4.21. The number of carbonyl (C=O) groups is 1. The summed E-state index contributed by atoms with van der Waals surface area (Å²) in [6, 6.07) is 8.26. The van der Waals surface area contributed by atoms with Gasteiger partial charge in [0.25, 0.3) is 0 Å². The Balaban J connectivity index is 1.47. The largest absolute Gasteiger partial charge is 0.465 e. The van der Waals surface area contributed by atoms with Gasteiger partial charge in [-0.1, -0.05) is 12.1 Å². The summed E-state index contributed by atoms with van der Waals surface area (Å²) in [5, 5.41) is 2.93. The first-order valence-electron chi connectivity index (χ1n) is 8.78. The van der Waals surface area contributed by atoms with Crippen molar-refractivity contribution in [2.24, 2.45) is 0 Å². The van der Waals surface area contributed by atoms with Crippen LogP contribution in [0.5, 0.6) is 5.75 Å². The zero-order valence-corrected chi connectivity index (χ0v) is 14.7. The lowest BCUT2D eigenvalue weighted by molar-refractivity contribution is -0.105. The number of carbonyl (C=O) groups excluding carboxylic acids is 1. The molecule has 1 aromatic rings. The molecule has 1 amide bonds. The van der Waals surface area contributed by atoms with E-state index in [-0.39, 0.29) is 18.4 Å². The SMILES string of the molecule is CC(C)(C)OC(=O)N[C@@H]1C[C@H]1c1ccc(OC2CCCCO2)cc1. The molecule has 132 valence electrons. The molecule has 0 radical (unpaired) electrons. The maximum atomic E-state index is 11.8. The Morgan fingerprint density at radius 2 is 1.96 bits per heavy atom.